The second-order valence-corrected chi connectivity index (χ2v) is 6.34. The van der Waals surface area contributed by atoms with E-state index in [-0.39, 0.29) is 11.8 Å². The average Bonchev–Trinajstić information content (AvgIpc) is 2.82. The number of aromatic nitrogens is 2. The average molecular weight is 398 g/mol. The summed E-state index contributed by atoms with van der Waals surface area (Å²) in [6, 6.07) is 17.8. The molecule has 30 heavy (non-hydrogen) atoms. The normalized spacial score (nSPS) is 10.3. The minimum Gasteiger partial charge on any atom is -0.298 e. The fraction of sp³-hybridized carbons (Fsp3) is 0. The van der Waals surface area contributed by atoms with Crippen molar-refractivity contribution in [3.63, 3.8) is 0 Å². The minimum absolute atomic E-state index is 0.270. The molecule has 0 aliphatic heterocycles. The lowest BCUT2D eigenvalue weighted by molar-refractivity contribution is 0.0954. The predicted molar refractivity (Wildman–Crippen MR) is 115 cm³/mol. The lowest BCUT2D eigenvalue weighted by atomic mass is 10.1. The molecule has 0 spiro atoms. The number of hydrogen-bond acceptors (Lipinski definition) is 6. The highest BCUT2D eigenvalue weighted by Gasteiger charge is 2.09. The zero-order valence-corrected chi connectivity index (χ0v) is 15.8. The summed E-state index contributed by atoms with van der Waals surface area (Å²) in [6.07, 6.45) is 6.24. The van der Waals surface area contributed by atoms with Crippen LogP contribution in [-0.2, 0) is 0 Å². The van der Waals surface area contributed by atoms with Crippen LogP contribution in [0.2, 0.25) is 0 Å². The Morgan fingerprint density at radius 1 is 0.567 bits per heavy atom. The van der Waals surface area contributed by atoms with E-state index >= 15 is 0 Å². The van der Waals surface area contributed by atoms with Crippen molar-refractivity contribution in [1.29, 1.82) is 0 Å². The van der Waals surface area contributed by atoms with Gasteiger partial charge in [0, 0.05) is 46.7 Å². The Morgan fingerprint density at radius 3 is 1.37 bits per heavy atom. The van der Waals surface area contributed by atoms with E-state index in [1.807, 2.05) is 36.4 Å². The molecule has 8 heteroatoms. The van der Waals surface area contributed by atoms with Crippen LogP contribution >= 0.6 is 0 Å². The van der Waals surface area contributed by atoms with Crippen LogP contribution in [0.4, 0.5) is 11.4 Å². The molecular formula is C22H18N6O2. The van der Waals surface area contributed by atoms with Gasteiger partial charge in [-0.2, -0.15) is 0 Å². The molecule has 0 unspecified atom stereocenters. The van der Waals surface area contributed by atoms with Crippen molar-refractivity contribution in [1.82, 2.24) is 20.8 Å². The van der Waals surface area contributed by atoms with Gasteiger partial charge < -0.3 is 0 Å². The van der Waals surface area contributed by atoms with E-state index in [1.165, 1.54) is 0 Å². The van der Waals surface area contributed by atoms with Crippen LogP contribution in [0.5, 0.6) is 0 Å². The van der Waals surface area contributed by atoms with Crippen LogP contribution in [0.3, 0.4) is 0 Å². The quantitative estimate of drug-likeness (QED) is 0.372. The molecule has 148 valence electrons. The molecule has 0 atom stereocenters. The van der Waals surface area contributed by atoms with Gasteiger partial charge in [-0.05, 0) is 36.4 Å². The molecule has 8 nitrogen and oxygen atoms in total. The third-order valence-electron chi connectivity index (χ3n) is 4.43. The molecule has 2 aromatic carbocycles. The second-order valence-electron chi connectivity index (χ2n) is 6.34. The van der Waals surface area contributed by atoms with Gasteiger partial charge in [0.15, 0.2) is 0 Å². The van der Waals surface area contributed by atoms with Gasteiger partial charge in [-0.3, -0.25) is 41.3 Å². The Morgan fingerprint density at radius 2 is 0.967 bits per heavy atom. The van der Waals surface area contributed by atoms with E-state index in [4.69, 9.17) is 0 Å². The molecule has 2 heterocycles. The number of pyridine rings is 2. The zero-order valence-electron chi connectivity index (χ0n) is 15.8. The van der Waals surface area contributed by atoms with E-state index in [1.54, 1.807) is 49.1 Å². The van der Waals surface area contributed by atoms with Crippen molar-refractivity contribution in [3.8, 4) is 0 Å². The number of hydrogen-bond donors (Lipinski definition) is 4. The van der Waals surface area contributed by atoms with E-state index < -0.39 is 0 Å². The Labute approximate surface area is 172 Å². The summed E-state index contributed by atoms with van der Waals surface area (Å²) in [4.78, 5) is 32.3. The molecular weight excluding hydrogens is 380 g/mol. The smallest absolute Gasteiger partial charge is 0.269 e. The van der Waals surface area contributed by atoms with Gasteiger partial charge in [-0.1, -0.05) is 24.3 Å². The summed E-state index contributed by atoms with van der Waals surface area (Å²) in [5, 5.41) is 1.74. The molecule has 4 N–H and O–H groups in total. The number of rotatable bonds is 6. The van der Waals surface area contributed by atoms with Crippen molar-refractivity contribution in [2.75, 3.05) is 10.9 Å². The molecule has 0 aliphatic rings. The molecule has 0 fully saturated rings. The van der Waals surface area contributed by atoms with Gasteiger partial charge in [0.05, 0.1) is 11.4 Å². The van der Waals surface area contributed by atoms with Crippen LogP contribution in [0.25, 0.3) is 10.8 Å². The predicted octanol–water partition coefficient (Wildman–Crippen LogP) is 3.14. The maximum absolute atomic E-state index is 12.3. The summed E-state index contributed by atoms with van der Waals surface area (Å²) >= 11 is 0. The number of benzene rings is 2. The minimum atomic E-state index is -0.270. The first-order valence-electron chi connectivity index (χ1n) is 9.17. The Kier molecular flexibility index (Phi) is 5.47. The molecule has 0 saturated carbocycles. The zero-order chi connectivity index (χ0) is 20.8. The highest BCUT2D eigenvalue weighted by molar-refractivity contribution is 6.03. The van der Waals surface area contributed by atoms with Gasteiger partial charge in [0.1, 0.15) is 0 Å². The number of carbonyl (C=O) groups is 2. The van der Waals surface area contributed by atoms with Crippen molar-refractivity contribution in [2.24, 2.45) is 0 Å². The van der Waals surface area contributed by atoms with Gasteiger partial charge in [0.2, 0.25) is 0 Å². The first-order chi connectivity index (χ1) is 14.7. The number of carbonyl (C=O) groups excluding carboxylic acids is 2. The summed E-state index contributed by atoms with van der Waals surface area (Å²) in [5.41, 5.74) is 13.7. The summed E-state index contributed by atoms with van der Waals surface area (Å²) < 4.78 is 0. The number of nitrogens with zero attached hydrogens (tertiary/aromatic N) is 2. The molecule has 2 aromatic heterocycles. The lowest BCUT2D eigenvalue weighted by Gasteiger charge is -2.15. The lowest BCUT2D eigenvalue weighted by Crippen LogP contribution is -2.30. The molecule has 4 rings (SSSR count). The third-order valence-corrected chi connectivity index (χ3v) is 4.43. The third kappa shape index (κ3) is 4.17. The van der Waals surface area contributed by atoms with Crippen molar-refractivity contribution >= 4 is 34.0 Å². The van der Waals surface area contributed by atoms with Crippen molar-refractivity contribution in [3.05, 3.63) is 96.6 Å². The highest BCUT2D eigenvalue weighted by atomic mass is 16.2. The monoisotopic (exact) mass is 398 g/mol. The van der Waals surface area contributed by atoms with E-state index in [2.05, 4.69) is 31.7 Å². The van der Waals surface area contributed by atoms with Crippen molar-refractivity contribution < 1.29 is 9.59 Å². The highest BCUT2D eigenvalue weighted by Crippen LogP contribution is 2.28. The van der Waals surface area contributed by atoms with Crippen LogP contribution < -0.4 is 21.7 Å². The first kappa shape index (κ1) is 18.9. The number of anilines is 2. The van der Waals surface area contributed by atoms with E-state index in [0.717, 1.165) is 22.1 Å². The number of amides is 2. The molecule has 4 aromatic rings. The molecule has 0 saturated heterocycles. The van der Waals surface area contributed by atoms with E-state index in [9.17, 15) is 9.59 Å². The number of hydrazine groups is 2. The van der Waals surface area contributed by atoms with Gasteiger partial charge in [-0.25, -0.2) is 0 Å². The molecule has 0 radical (unpaired) electrons. The van der Waals surface area contributed by atoms with Crippen LogP contribution in [0.1, 0.15) is 20.7 Å². The van der Waals surface area contributed by atoms with Crippen LogP contribution in [0, 0.1) is 0 Å². The summed E-state index contributed by atoms with van der Waals surface area (Å²) in [6.45, 7) is 0. The van der Waals surface area contributed by atoms with Crippen LogP contribution in [-0.4, -0.2) is 21.8 Å². The largest absolute Gasteiger partial charge is 0.298 e. The number of fused-ring (bicyclic) bond motifs is 1. The fourth-order valence-electron chi connectivity index (χ4n) is 2.93. The standard InChI is InChI=1S/C22H18N6O2/c29-21(15-7-11-23-12-8-15)27-25-19-5-1-3-17-18(19)4-2-6-20(17)26-28-22(30)16-9-13-24-14-10-16/h1-14,25-26H,(H,27,29)(H,28,30). The Bertz CT molecular complexity index is 1090. The molecule has 2 amide bonds. The maximum Gasteiger partial charge on any atom is 0.269 e. The van der Waals surface area contributed by atoms with Crippen molar-refractivity contribution in [2.45, 2.75) is 0 Å². The number of nitrogens with one attached hydrogen (secondary N) is 4. The fourth-order valence-corrected chi connectivity index (χ4v) is 2.93. The summed E-state index contributed by atoms with van der Waals surface area (Å²) in [7, 11) is 0. The van der Waals surface area contributed by atoms with Gasteiger partial charge in [-0.15, -0.1) is 0 Å². The SMILES string of the molecule is O=C(NNc1cccc2c(NNC(=O)c3ccncc3)cccc12)c1ccncc1. The molecule has 0 bridgehead atoms. The van der Waals surface area contributed by atoms with Gasteiger partial charge >= 0.3 is 0 Å². The second kappa shape index (κ2) is 8.70. The van der Waals surface area contributed by atoms with E-state index in [0.29, 0.717) is 11.1 Å². The maximum atomic E-state index is 12.3. The van der Waals surface area contributed by atoms with Crippen LogP contribution in [0.15, 0.2) is 85.5 Å². The Hall–Kier alpha value is -4.46. The summed E-state index contributed by atoms with van der Waals surface area (Å²) in [5.74, 6) is -0.540. The molecule has 0 aliphatic carbocycles. The Balaban J connectivity index is 1.50. The van der Waals surface area contributed by atoms with Gasteiger partial charge in [0.25, 0.3) is 11.8 Å². The first-order valence-corrected chi connectivity index (χ1v) is 9.17. The topological polar surface area (TPSA) is 108 Å².